The molecule has 0 bridgehead atoms. The first-order valence-corrected chi connectivity index (χ1v) is 19.8. The van der Waals surface area contributed by atoms with Crippen molar-refractivity contribution < 1.29 is 38.2 Å². The van der Waals surface area contributed by atoms with Gasteiger partial charge in [-0.1, -0.05) is 132 Å². The Balaban J connectivity index is 4.46. The van der Waals surface area contributed by atoms with Crippen LogP contribution < -0.4 is 0 Å². The van der Waals surface area contributed by atoms with E-state index in [1.54, 1.807) is 6.08 Å². The third-order valence-electron chi connectivity index (χ3n) is 8.46. The van der Waals surface area contributed by atoms with E-state index < -0.39 is 24.1 Å². The summed E-state index contributed by atoms with van der Waals surface area (Å²) in [6.45, 7) is 4.46. The Morgan fingerprint density at radius 3 is 1.76 bits per heavy atom. The number of unbranched alkanes of at least 4 members (excludes halogenated alkanes) is 12. The summed E-state index contributed by atoms with van der Waals surface area (Å²) in [5.74, 6) is -1.65. The van der Waals surface area contributed by atoms with Crippen LogP contribution in [-0.4, -0.2) is 80.6 Å². The number of allylic oxidation sites excluding steroid dienone is 9. The van der Waals surface area contributed by atoms with E-state index in [1.165, 1.54) is 44.9 Å². The van der Waals surface area contributed by atoms with E-state index in [0.717, 1.165) is 64.2 Å². The lowest BCUT2D eigenvalue weighted by Crippen LogP contribution is -2.50. The van der Waals surface area contributed by atoms with E-state index >= 15 is 0 Å². The number of rotatable bonds is 34. The van der Waals surface area contributed by atoms with Crippen LogP contribution in [0.4, 0.5) is 0 Å². The van der Waals surface area contributed by atoms with E-state index in [4.69, 9.17) is 14.2 Å². The van der Waals surface area contributed by atoms with E-state index in [9.17, 15) is 19.5 Å². The maximum Gasteiger partial charge on any atom is 0.362 e. The van der Waals surface area contributed by atoms with Gasteiger partial charge in [0.15, 0.2) is 12.1 Å². The molecule has 0 spiro atoms. The molecular weight excluding hydrogens is 642 g/mol. The molecule has 1 N–H and O–H groups in total. The fourth-order valence-electron chi connectivity index (χ4n) is 5.38. The van der Waals surface area contributed by atoms with Crippen LogP contribution in [-0.2, 0) is 28.6 Å². The number of carbonyl (C=O) groups is 3. The topological polar surface area (TPSA) is 99.1 Å². The van der Waals surface area contributed by atoms with Crippen LogP contribution in [0, 0.1) is 0 Å². The average molecular weight is 717 g/mol. The molecule has 8 nitrogen and oxygen atoms in total. The number of carboxylic acid groups (broad SMARTS) is 1. The van der Waals surface area contributed by atoms with Gasteiger partial charge in [0.1, 0.15) is 6.61 Å². The Bertz CT molecular complexity index is 1020. The zero-order chi connectivity index (χ0) is 37.8. The van der Waals surface area contributed by atoms with E-state index in [2.05, 4.69) is 62.5 Å². The van der Waals surface area contributed by atoms with E-state index in [0.29, 0.717) is 12.8 Å². The molecule has 0 aromatic rings. The van der Waals surface area contributed by atoms with Gasteiger partial charge in [0.25, 0.3) is 0 Å². The van der Waals surface area contributed by atoms with Crippen molar-refractivity contribution in [3.05, 3.63) is 60.8 Å². The molecular formula is C43H74NO7+. The largest absolute Gasteiger partial charge is 0.477 e. The van der Waals surface area contributed by atoms with Crippen molar-refractivity contribution in [3.63, 3.8) is 0 Å². The highest BCUT2D eigenvalue weighted by Gasteiger charge is 2.31. The van der Waals surface area contributed by atoms with Crippen molar-refractivity contribution in [2.24, 2.45) is 0 Å². The van der Waals surface area contributed by atoms with Crippen molar-refractivity contribution >= 4 is 17.9 Å². The molecule has 2 atom stereocenters. The third-order valence-corrected chi connectivity index (χ3v) is 8.46. The molecule has 0 aliphatic carbocycles. The number of nitrogens with zero attached hydrogens (tertiary/aromatic N) is 1. The summed E-state index contributed by atoms with van der Waals surface area (Å²) in [5.41, 5.74) is 0. The highest BCUT2D eigenvalue weighted by atomic mass is 16.6. The summed E-state index contributed by atoms with van der Waals surface area (Å²) in [6.07, 6.45) is 40.2. The molecule has 2 unspecified atom stereocenters. The normalized spacial score (nSPS) is 13.7. The van der Waals surface area contributed by atoms with Gasteiger partial charge in [-0.3, -0.25) is 9.59 Å². The van der Waals surface area contributed by atoms with Gasteiger partial charge in [0, 0.05) is 12.8 Å². The van der Waals surface area contributed by atoms with Crippen LogP contribution in [0.5, 0.6) is 0 Å². The molecule has 0 amide bonds. The molecule has 0 saturated heterocycles. The molecule has 0 rings (SSSR count). The van der Waals surface area contributed by atoms with Gasteiger partial charge >= 0.3 is 17.9 Å². The zero-order valence-electron chi connectivity index (χ0n) is 33.0. The second kappa shape index (κ2) is 34.1. The molecule has 51 heavy (non-hydrogen) atoms. The van der Waals surface area contributed by atoms with Crippen LogP contribution in [0.3, 0.4) is 0 Å². The average Bonchev–Trinajstić information content (AvgIpc) is 3.08. The summed E-state index contributed by atoms with van der Waals surface area (Å²) in [4.78, 5) is 36.7. The van der Waals surface area contributed by atoms with Gasteiger partial charge in [0.05, 0.1) is 40.8 Å². The Morgan fingerprint density at radius 2 is 1.20 bits per heavy atom. The van der Waals surface area contributed by atoms with Crippen molar-refractivity contribution in [2.75, 3.05) is 41.0 Å². The van der Waals surface area contributed by atoms with Crippen molar-refractivity contribution in [1.29, 1.82) is 0 Å². The fourth-order valence-corrected chi connectivity index (χ4v) is 5.38. The second-order valence-corrected chi connectivity index (χ2v) is 14.2. The minimum absolute atomic E-state index is 0.0252. The number of quaternary nitrogens is 1. The standard InChI is InChI=1S/C43H73NO7/c1-6-8-10-12-14-16-17-18-19-20-21-22-23-24-26-28-30-32-34-42(46)51-39(37-49-36-35-40(43(47)48)44(3,4)5)38-50-41(45)33-31-29-27-25-15-13-11-9-7-2/h9,11,15,19-22,25,29,31,39-40H,6-8,10,12-14,16-18,23-24,26-28,30,32-38H2,1-5H3/p+1/b11-9+,20-19+,22-21+,25-15+,31-29+. The SMILES string of the molecule is CC/C=C/C/C=C/C/C=C/CC(=O)OCC(COCCC(C(=O)O)[N+](C)(C)C)OC(=O)CCCCCCC/C=C/C=C/CCCCCCCCC. The quantitative estimate of drug-likeness (QED) is 0.0233. The van der Waals surface area contributed by atoms with Gasteiger partial charge in [-0.2, -0.15) is 0 Å². The van der Waals surface area contributed by atoms with Crippen LogP contribution in [0.2, 0.25) is 0 Å². The van der Waals surface area contributed by atoms with Crippen molar-refractivity contribution in [1.82, 2.24) is 0 Å². The summed E-state index contributed by atoms with van der Waals surface area (Å²) in [7, 11) is 5.48. The van der Waals surface area contributed by atoms with Crippen LogP contribution in [0.25, 0.3) is 0 Å². The summed E-state index contributed by atoms with van der Waals surface area (Å²) < 4.78 is 17.0. The zero-order valence-corrected chi connectivity index (χ0v) is 33.0. The Hall–Kier alpha value is -2.97. The van der Waals surface area contributed by atoms with Gasteiger partial charge in [-0.25, -0.2) is 4.79 Å². The number of aliphatic carboxylic acids is 1. The molecule has 0 heterocycles. The number of carbonyl (C=O) groups excluding carboxylic acids is 2. The molecule has 292 valence electrons. The van der Waals surface area contributed by atoms with Gasteiger partial charge in [-0.15, -0.1) is 0 Å². The molecule has 0 aliphatic heterocycles. The molecule has 0 fully saturated rings. The fraction of sp³-hybridized carbons (Fsp3) is 0.698. The Kier molecular flexibility index (Phi) is 32.1. The van der Waals surface area contributed by atoms with Crippen molar-refractivity contribution in [3.8, 4) is 0 Å². The van der Waals surface area contributed by atoms with Gasteiger partial charge < -0.3 is 23.8 Å². The molecule has 0 aromatic carbocycles. The first-order chi connectivity index (χ1) is 24.6. The highest BCUT2D eigenvalue weighted by molar-refractivity contribution is 5.72. The summed E-state index contributed by atoms with van der Waals surface area (Å²) in [5, 5.41) is 9.58. The van der Waals surface area contributed by atoms with Gasteiger partial charge in [-0.05, 0) is 51.4 Å². The van der Waals surface area contributed by atoms with Crippen molar-refractivity contribution in [2.45, 2.75) is 154 Å². The number of hydrogen-bond donors (Lipinski definition) is 1. The molecule has 0 saturated carbocycles. The smallest absolute Gasteiger partial charge is 0.362 e. The number of esters is 2. The predicted molar refractivity (Wildman–Crippen MR) is 211 cm³/mol. The van der Waals surface area contributed by atoms with Gasteiger partial charge in [0.2, 0.25) is 0 Å². The number of hydrogen-bond acceptors (Lipinski definition) is 6. The van der Waals surface area contributed by atoms with Crippen LogP contribution in [0.15, 0.2) is 60.8 Å². The maximum absolute atomic E-state index is 12.7. The maximum atomic E-state index is 12.7. The van der Waals surface area contributed by atoms with Crippen LogP contribution in [0.1, 0.15) is 142 Å². The first kappa shape index (κ1) is 48.0. The minimum Gasteiger partial charge on any atom is -0.477 e. The molecule has 0 aromatic heterocycles. The summed E-state index contributed by atoms with van der Waals surface area (Å²) >= 11 is 0. The Morgan fingerprint density at radius 1 is 0.647 bits per heavy atom. The van der Waals surface area contributed by atoms with E-state index in [1.807, 2.05) is 27.2 Å². The minimum atomic E-state index is -0.891. The first-order valence-electron chi connectivity index (χ1n) is 19.8. The van der Waals surface area contributed by atoms with E-state index in [-0.39, 0.29) is 36.7 Å². The number of likely N-dealkylation sites (N-methyl/N-ethyl adjacent to an activating group) is 1. The van der Waals surface area contributed by atoms with Crippen LogP contribution >= 0.6 is 0 Å². The number of ether oxygens (including phenoxy) is 3. The summed E-state index contributed by atoms with van der Waals surface area (Å²) in [6, 6.07) is -0.629. The lowest BCUT2D eigenvalue weighted by atomic mass is 10.1. The lowest BCUT2D eigenvalue weighted by molar-refractivity contribution is -0.887. The predicted octanol–water partition coefficient (Wildman–Crippen LogP) is 10.2. The highest BCUT2D eigenvalue weighted by Crippen LogP contribution is 2.12. The lowest BCUT2D eigenvalue weighted by Gasteiger charge is -2.31. The monoisotopic (exact) mass is 717 g/mol. The third kappa shape index (κ3) is 32.7. The molecule has 0 aliphatic rings. The molecule has 8 heteroatoms. The second-order valence-electron chi connectivity index (χ2n) is 14.2. The number of carboxylic acids is 1. The Labute approximate surface area is 311 Å². The molecule has 0 radical (unpaired) electrons.